The largest absolute Gasteiger partial charge is 0.391 e. The van der Waals surface area contributed by atoms with E-state index in [2.05, 4.69) is 70.3 Å². The Kier molecular flexibility index (Phi) is 5.32. The zero-order valence-corrected chi connectivity index (χ0v) is 18.2. The summed E-state index contributed by atoms with van der Waals surface area (Å²) < 4.78 is 2.32. The highest BCUT2D eigenvalue weighted by atomic mass is 16.3. The molecule has 162 valence electrons. The van der Waals surface area contributed by atoms with E-state index in [1.54, 1.807) is 4.90 Å². The lowest BCUT2D eigenvalue weighted by atomic mass is 9.71. The van der Waals surface area contributed by atoms with E-state index in [9.17, 15) is 9.90 Å². The van der Waals surface area contributed by atoms with E-state index >= 15 is 0 Å². The van der Waals surface area contributed by atoms with Crippen molar-refractivity contribution in [3.05, 3.63) is 71.9 Å². The van der Waals surface area contributed by atoms with Crippen molar-refractivity contribution < 1.29 is 9.90 Å². The van der Waals surface area contributed by atoms with E-state index in [0.717, 1.165) is 39.0 Å². The van der Waals surface area contributed by atoms with Crippen molar-refractivity contribution >= 4 is 16.8 Å². The number of carbonyl (C=O) groups is 1. The second kappa shape index (κ2) is 8.13. The molecule has 2 aromatic carbocycles. The van der Waals surface area contributed by atoms with Crippen LogP contribution in [0.25, 0.3) is 10.9 Å². The molecule has 0 saturated carbocycles. The van der Waals surface area contributed by atoms with Crippen LogP contribution in [0.1, 0.15) is 30.4 Å². The fraction of sp³-hybridized carbons (Fsp3) is 0.423. The number of β-amino-alcohol motifs (C(OH)–C–C–N with tert-alkyl or cyclic N) is 1. The van der Waals surface area contributed by atoms with Crippen LogP contribution in [-0.4, -0.2) is 58.2 Å². The predicted octanol–water partition coefficient (Wildman–Crippen LogP) is 3.49. The van der Waals surface area contributed by atoms with Gasteiger partial charge in [-0.15, -0.1) is 0 Å². The van der Waals surface area contributed by atoms with Crippen molar-refractivity contribution in [2.24, 2.45) is 5.41 Å². The Balaban J connectivity index is 1.28. The SMILES string of the molecule is CN1CC(O)CC2(CCN(Cc3ccc4ccn(Cc5ccccc5)c4c3)CC2)C1=O. The van der Waals surface area contributed by atoms with Crippen molar-refractivity contribution in [2.45, 2.75) is 38.5 Å². The quantitative estimate of drug-likeness (QED) is 0.707. The van der Waals surface area contributed by atoms with Crippen LogP contribution in [0.3, 0.4) is 0 Å². The highest BCUT2D eigenvalue weighted by Crippen LogP contribution is 2.41. The van der Waals surface area contributed by atoms with Crippen LogP contribution in [0, 0.1) is 5.41 Å². The normalized spacial score (nSPS) is 21.8. The molecular weight excluding hydrogens is 386 g/mol. The van der Waals surface area contributed by atoms with E-state index in [1.807, 2.05) is 7.05 Å². The monoisotopic (exact) mass is 417 g/mol. The highest BCUT2D eigenvalue weighted by molar-refractivity contribution is 5.83. The number of fused-ring (bicyclic) bond motifs is 1. The molecule has 1 N–H and O–H groups in total. The van der Waals surface area contributed by atoms with Crippen LogP contribution in [0.15, 0.2) is 60.8 Å². The molecule has 0 bridgehead atoms. The molecule has 0 aliphatic carbocycles. The minimum Gasteiger partial charge on any atom is -0.391 e. The number of hydrogen-bond donors (Lipinski definition) is 1. The maximum Gasteiger partial charge on any atom is 0.228 e. The van der Waals surface area contributed by atoms with E-state index in [4.69, 9.17) is 0 Å². The number of rotatable bonds is 4. The van der Waals surface area contributed by atoms with Gasteiger partial charge in [0.2, 0.25) is 5.91 Å². The van der Waals surface area contributed by atoms with Crippen LogP contribution in [-0.2, 0) is 17.9 Å². The summed E-state index contributed by atoms with van der Waals surface area (Å²) in [6.07, 6.45) is 4.06. The first-order valence-corrected chi connectivity index (χ1v) is 11.3. The third-order valence-corrected chi connectivity index (χ3v) is 7.16. The van der Waals surface area contributed by atoms with Gasteiger partial charge in [-0.05, 0) is 61.0 Å². The summed E-state index contributed by atoms with van der Waals surface area (Å²) in [5.41, 5.74) is 3.51. The lowest BCUT2D eigenvalue weighted by molar-refractivity contribution is -0.154. The van der Waals surface area contributed by atoms with Crippen molar-refractivity contribution in [1.82, 2.24) is 14.4 Å². The Bertz CT molecular complexity index is 1070. The van der Waals surface area contributed by atoms with Crippen molar-refractivity contribution in [3.63, 3.8) is 0 Å². The number of likely N-dealkylation sites (tertiary alicyclic amines) is 2. The van der Waals surface area contributed by atoms with Crippen molar-refractivity contribution in [1.29, 1.82) is 0 Å². The zero-order chi connectivity index (χ0) is 21.4. The Morgan fingerprint density at radius 1 is 1.00 bits per heavy atom. The molecule has 1 atom stereocenters. The molecule has 0 radical (unpaired) electrons. The molecule has 5 nitrogen and oxygen atoms in total. The standard InChI is InChI=1S/C26H31N3O2/c1-27-19-23(30)16-26(25(27)31)10-13-28(14-11-26)17-21-7-8-22-9-12-29(24(22)15-21)18-20-5-3-2-4-6-20/h2-9,12,15,23,30H,10-11,13-14,16-19H2,1H3. The van der Waals surface area contributed by atoms with Gasteiger partial charge >= 0.3 is 0 Å². The van der Waals surface area contributed by atoms with Gasteiger partial charge in [0.25, 0.3) is 0 Å². The number of aromatic nitrogens is 1. The number of aliphatic hydroxyl groups is 1. The Morgan fingerprint density at radius 3 is 2.55 bits per heavy atom. The third-order valence-electron chi connectivity index (χ3n) is 7.16. The van der Waals surface area contributed by atoms with E-state index in [-0.39, 0.29) is 11.3 Å². The number of likely N-dealkylation sites (N-methyl/N-ethyl adjacent to an activating group) is 1. The molecule has 31 heavy (non-hydrogen) atoms. The average Bonchev–Trinajstić information content (AvgIpc) is 3.16. The lowest BCUT2D eigenvalue weighted by Crippen LogP contribution is -2.56. The van der Waals surface area contributed by atoms with Gasteiger partial charge < -0.3 is 14.6 Å². The molecule has 2 aliphatic rings. The van der Waals surface area contributed by atoms with Gasteiger partial charge in [0.05, 0.1) is 11.5 Å². The van der Waals surface area contributed by atoms with Gasteiger partial charge in [0.15, 0.2) is 0 Å². The average molecular weight is 418 g/mol. The van der Waals surface area contributed by atoms with Gasteiger partial charge in [-0.1, -0.05) is 42.5 Å². The summed E-state index contributed by atoms with van der Waals surface area (Å²) in [5, 5.41) is 11.5. The minimum absolute atomic E-state index is 0.220. The first-order chi connectivity index (χ1) is 15.0. The third kappa shape index (κ3) is 4.00. The number of hydrogen-bond acceptors (Lipinski definition) is 3. The summed E-state index contributed by atoms with van der Waals surface area (Å²) in [6.45, 7) is 4.03. The van der Waals surface area contributed by atoms with Crippen LogP contribution in [0.5, 0.6) is 0 Å². The molecule has 1 unspecified atom stereocenters. The first-order valence-electron chi connectivity index (χ1n) is 11.3. The lowest BCUT2D eigenvalue weighted by Gasteiger charge is -2.47. The van der Waals surface area contributed by atoms with Crippen LogP contribution in [0.2, 0.25) is 0 Å². The molecule has 1 amide bonds. The molecule has 3 heterocycles. The zero-order valence-electron chi connectivity index (χ0n) is 18.2. The Labute approximate surface area is 183 Å². The first kappa shape index (κ1) is 20.3. The number of amides is 1. The van der Waals surface area contributed by atoms with Crippen LogP contribution in [0.4, 0.5) is 0 Å². The van der Waals surface area contributed by atoms with E-state index in [1.165, 1.54) is 22.0 Å². The minimum atomic E-state index is -0.394. The van der Waals surface area contributed by atoms with Crippen LogP contribution < -0.4 is 0 Å². The molecule has 5 rings (SSSR count). The number of aliphatic hydroxyl groups excluding tert-OH is 1. The molecule has 2 aliphatic heterocycles. The fourth-order valence-corrected chi connectivity index (χ4v) is 5.47. The molecular formula is C26H31N3O2. The second-order valence-electron chi connectivity index (χ2n) is 9.42. The number of benzene rings is 2. The number of carbonyl (C=O) groups excluding carboxylic acids is 1. The van der Waals surface area contributed by atoms with Crippen molar-refractivity contribution in [2.75, 3.05) is 26.7 Å². The van der Waals surface area contributed by atoms with E-state index in [0.29, 0.717) is 13.0 Å². The Morgan fingerprint density at radius 2 is 1.77 bits per heavy atom. The van der Waals surface area contributed by atoms with Gasteiger partial charge in [-0.25, -0.2) is 0 Å². The molecule has 3 aromatic rings. The van der Waals surface area contributed by atoms with Gasteiger partial charge in [-0.2, -0.15) is 0 Å². The molecule has 5 heteroatoms. The summed E-state index contributed by atoms with van der Waals surface area (Å²) in [6, 6.07) is 19.5. The molecule has 1 aromatic heterocycles. The van der Waals surface area contributed by atoms with Gasteiger partial charge in [0, 0.05) is 38.4 Å². The number of piperidine rings is 2. The molecule has 2 saturated heterocycles. The Hall–Kier alpha value is -2.63. The smallest absolute Gasteiger partial charge is 0.228 e. The highest BCUT2D eigenvalue weighted by Gasteiger charge is 2.47. The summed E-state index contributed by atoms with van der Waals surface area (Å²) in [7, 11) is 1.82. The molecule has 2 fully saturated rings. The summed E-state index contributed by atoms with van der Waals surface area (Å²) in [5.74, 6) is 0.220. The fourth-order valence-electron chi connectivity index (χ4n) is 5.47. The maximum absolute atomic E-state index is 12.8. The van der Waals surface area contributed by atoms with Gasteiger partial charge in [0.1, 0.15) is 0 Å². The summed E-state index contributed by atoms with van der Waals surface area (Å²) in [4.78, 5) is 17.0. The molecule has 1 spiro atoms. The van der Waals surface area contributed by atoms with Crippen LogP contribution >= 0.6 is 0 Å². The number of nitrogens with zero attached hydrogens (tertiary/aromatic N) is 3. The van der Waals surface area contributed by atoms with Crippen molar-refractivity contribution in [3.8, 4) is 0 Å². The summed E-state index contributed by atoms with van der Waals surface area (Å²) >= 11 is 0. The predicted molar refractivity (Wildman–Crippen MR) is 123 cm³/mol. The van der Waals surface area contributed by atoms with Gasteiger partial charge in [-0.3, -0.25) is 9.69 Å². The second-order valence-corrected chi connectivity index (χ2v) is 9.42. The van der Waals surface area contributed by atoms with E-state index < -0.39 is 6.10 Å². The topological polar surface area (TPSA) is 48.7 Å². The maximum atomic E-state index is 12.8.